The molecule has 3 heterocycles. The van der Waals surface area contributed by atoms with Gasteiger partial charge in [0.1, 0.15) is 12.4 Å². The van der Waals surface area contributed by atoms with E-state index in [2.05, 4.69) is 20.4 Å². The van der Waals surface area contributed by atoms with Crippen LogP contribution >= 0.6 is 0 Å². The van der Waals surface area contributed by atoms with Gasteiger partial charge < -0.3 is 10.1 Å². The Morgan fingerprint density at radius 3 is 3.29 bits per heavy atom. The fraction of sp³-hybridized carbons (Fsp3) is 0.545. The Balaban J connectivity index is 1.90. The molecular formula is C11H15N5O. The van der Waals surface area contributed by atoms with Gasteiger partial charge in [-0.1, -0.05) is 0 Å². The minimum atomic E-state index is 0.206. The number of hydrogen-bond donors (Lipinski definition) is 1. The Hall–Kier alpha value is -1.69. The molecule has 1 aliphatic heterocycles. The molecule has 0 aliphatic carbocycles. The van der Waals surface area contributed by atoms with Gasteiger partial charge in [-0.25, -0.2) is 4.98 Å². The van der Waals surface area contributed by atoms with E-state index in [1.807, 2.05) is 13.0 Å². The van der Waals surface area contributed by atoms with Crippen molar-refractivity contribution in [2.45, 2.75) is 25.9 Å². The summed E-state index contributed by atoms with van der Waals surface area (Å²) in [4.78, 5) is 8.36. The summed E-state index contributed by atoms with van der Waals surface area (Å²) < 4.78 is 7.61. The summed E-state index contributed by atoms with van der Waals surface area (Å²) in [5, 5.41) is 7.45. The molecule has 1 saturated heterocycles. The molecule has 1 unspecified atom stereocenters. The summed E-state index contributed by atoms with van der Waals surface area (Å²) in [5.41, 5.74) is 0.893. The van der Waals surface area contributed by atoms with Crippen LogP contribution in [-0.4, -0.2) is 38.8 Å². The highest BCUT2D eigenvalue weighted by atomic mass is 16.5. The van der Waals surface area contributed by atoms with E-state index in [0.717, 1.165) is 37.5 Å². The van der Waals surface area contributed by atoms with E-state index in [4.69, 9.17) is 4.74 Å². The first-order valence-electron chi connectivity index (χ1n) is 5.88. The minimum Gasteiger partial charge on any atom is -0.473 e. The number of piperidine rings is 1. The average molecular weight is 233 g/mol. The Bertz CT molecular complexity index is 518. The van der Waals surface area contributed by atoms with Crippen LogP contribution in [0.5, 0.6) is 5.88 Å². The van der Waals surface area contributed by atoms with Gasteiger partial charge in [-0.15, -0.1) is 0 Å². The van der Waals surface area contributed by atoms with Gasteiger partial charge in [0, 0.05) is 18.3 Å². The molecule has 2 aromatic rings. The number of aromatic nitrogens is 4. The molecule has 3 rings (SSSR count). The molecule has 1 N–H and O–H groups in total. The summed E-state index contributed by atoms with van der Waals surface area (Å²) >= 11 is 0. The lowest BCUT2D eigenvalue weighted by molar-refractivity contribution is 0.156. The molecule has 1 aliphatic rings. The molecule has 0 spiro atoms. The summed E-state index contributed by atoms with van der Waals surface area (Å²) in [6.45, 7) is 3.90. The third-order valence-electron chi connectivity index (χ3n) is 2.89. The number of ether oxygens (including phenoxy) is 1. The summed E-state index contributed by atoms with van der Waals surface area (Å²) in [6.07, 6.45) is 3.92. The number of nitrogens with zero attached hydrogens (tertiary/aromatic N) is 4. The van der Waals surface area contributed by atoms with Crippen LogP contribution < -0.4 is 10.1 Å². The lowest BCUT2D eigenvalue weighted by Crippen LogP contribution is -2.37. The Morgan fingerprint density at radius 1 is 1.53 bits per heavy atom. The van der Waals surface area contributed by atoms with Crippen LogP contribution in [-0.2, 0) is 0 Å². The zero-order valence-corrected chi connectivity index (χ0v) is 9.76. The summed E-state index contributed by atoms with van der Waals surface area (Å²) in [6, 6.07) is 1.90. The number of rotatable bonds is 2. The second-order valence-corrected chi connectivity index (χ2v) is 4.29. The highest BCUT2D eigenvalue weighted by molar-refractivity contribution is 5.32. The van der Waals surface area contributed by atoms with Gasteiger partial charge in [0.05, 0.1) is 0 Å². The van der Waals surface area contributed by atoms with Crippen LogP contribution in [0, 0.1) is 6.92 Å². The van der Waals surface area contributed by atoms with Gasteiger partial charge in [-0.2, -0.15) is 14.6 Å². The van der Waals surface area contributed by atoms with E-state index < -0.39 is 0 Å². The lowest BCUT2D eigenvalue weighted by Gasteiger charge is -2.23. The van der Waals surface area contributed by atoms with Gasteiger partial charge in [-0.05, 0) is 26.3 Å². The monoisotopic (exact) mass is 233 g/mol. The third kappa shape index (κ3) is 2.08. The van der Waals surface area contributed by atoms with Crippen LogP contribution in [0.2, 0.25) is 0 Å². The molecule has 6 heteroatoms. The first-order valence-corrected chi connectivity index (χ1v) is 5.88. The van der Waals surface area contributed by atoms with E-state index >= 15 is 0 Å². The molecule has 2 aromatic heterocycles. The Morgan fingerprint density at radius 2 is 2.47 bits per heavy atom. The predicted octanol–water partition coefficient (Wildman–Crippen LogP) is 0.564. The van der Waals surface area contributed by atoms with Crippen molar-refractivity contribution in [3.05, 3.63) is 18.1 Å². The van der Waals surface area contributed by atoms with Gasteiger partial charge >= 0.3 is 0 Å². The van der Waals surface area contributed by atoms with Crippen molar-refractivity contribution in [2.24, 2.45) is 0 Å². The van der Waals surface area contributed by atoms with Crippen LogP contribution in [0.25, 0.3) is 5.78 Å². The van der Waals surface area contributed by atoms with Crippen molar-refractivity contribution in [3.63, 3.8) is 0 Å². The van der Waals surface area contributed by atoms with Crippen LogP contribution in [0.1, 0.15) is 18.5 Å². The van der Waals surface area contributed by atoms with Crippen molar-refractivity contribution in [2.75, 3.05) is 13.1 Å². The molecule has 0 bridgehead atoms. The molecule has 0 saturated carbocycles. The highest BCUT2D eigenvalue weighted by Crippen LogP contribution is 2.16. The van der Waals surface area contributed by atoms with Crippen LogP contribution in [0.3, 0.4) is 0 Å². The molecule has 90 valence electrons. The Kier molecular flexibility index (Phi) is 2.64. The normalized spacial score (nSPS) is 20.6. The minimum absolute atomic E-state index is 0.206. The Labute approximate surface area is 99.0 Å². The summed E-state index contributed by atoms with van der Waals surface area (Å²) in [7, 11) is 0. The van der Waals surface area contributed by atoms with E-state index in [1.54, 1.807) is 4.52 Å². The number of aryl methyl sites for hydroxylation is 1. The third-order valence-corrected chi connectivity index (χ3v) is 2.89. The first kappa shape index (κ1) is 10.5. The molecule has 6 nitrogen and oxygen atoms in total. The largest absolute Gasteiger partial charge is 0.473 e. The van der Waals surface area contributed by atoms with Crippen molar-refractivity contribution >= 4 is 5.78 Å². The van der Waals surface area contributed by atoms with Crippen molar-refractivity contribution in [1.82, 2.24) is 24.9 Å². The summed E-state index contributed by atoms with van der Waals surface area (Å²) in [5.74, 6) is 1.31. The van der Waals surface area contributed by atoms with Crippen LogP contribution in [0.15, 0.2) is 12.4 Å². The van der Waals surface area contributed by atoms with E-state index in [9.17, 15) is 0 Å². The zero-order chi connectivity index (χ0) is 11.7. The van der Waals surface area contributed by atoms with Gasteiger partial charge in [0.2, 0.25) is 5.88 Å². The molecule has 0 aromatic carbocycles. The number of hydrogen-bond acceptors (Lipinski definition) is 5. The second-order valence-electron chi connectivity index (χ2n) is 4.29. The molecule has 0 amide bonds. The van der Waals surface area contributed by atoms with E-state index in [1.165, 1.54) is 6.33 Å². The number of nitrogens with one attached hydrogen (secondary N) is 1. The molecule has 0 radical (unpaired) electrons. The maximum absolute atomic E-state index is 5.97. The van der Waals surface area contributed by atoms with Crippen molar-refractivity contribution in [3.8, 4) is 5.88 Å². The molecule has 1 fully saturated rings. The predicted molar refractivity (Wildman–Crippen MR) is 62.0 cm³/mol. The van der Waals surface area contributed by atoms with Gasteiger partial charge in [0.25, 0.3) is 5.78 Å². The first-order chi connectivity index (χ1) is 8.33. The number of fused-ring (bicyclic) bond motifs is 1. The smallest absolute Gasteiger partial charge is 0.255 e. The van der Waals surface area contributed by atoms with Crippen LogP contribution in [0.4, 0.5) is 0 Å². The standard InChI is InChI=1S/C11H15N5O/c1-8-5-10(16-11(15-8)13-7-14-16)17-9-3-2-4-12-6-9/h5,7,9,12H,2-4,6H2,1H3. The van der Waals surface area contributed by atoms with E-state index in [0.29, 0.717) is 5.78 Å². The maximum atomic E-state index is 5.97. The topological polar surface area (TPSA) is 64.3 Å². The highest BCUT2D eigenvalue weighted by Gasteiger charge is 2.16. The van der Waals surface area contributed by atoms with Gasteiger partial charge in [-0.3, -0.25) is 0 Å². The second kappa shape index (κ2) is 4.29. The fourth-order valence-electron chi connectivity index (χ4n) is 2.07. The SMILES string of the molecule is Cc1cc(OC2CCCNC2)n2ncnc2n1. The average Bonchev–Trinajstić information content (AvgIpc) is 2.78. The van der Waals surface area contributed by atoms with Crippen molar-refractivity contribution in [1.29, 1.82) is 0 Å². The fourth-order valence-corrected chi connectivity index (χ4v) is 2.07. The van der Waals surface area contributed by atoms with Crippen molar-refractivity contribution < 1.29 is 4.74 Å². The quantitative estimate of drug-likeness (QED) is 0.821. The zero-order valence-electron chi connectivity index (χ0n) is 9.76. The molecular weight excluding hydrogens is 218 g/mol. The molecule has 1 atom stereocenters. The van der Waals surface area contributed by atoms with Gasteiger partial charge in [0.15, 0.2) is 0 Å². The lowest BCUT2D eigenvalue weighted by atomic mass is 10.1. The maximum Gasteiger partial charge on any atom is 0.255 e. The molecule has 17 heavy (non-hydrogen) atoms. The van der Waals surface area contributed by atoms with E-state index in [-0.39, 0.29) is 6.10 Å².